The SMILES string of the molecule is N#Cc1cc(NCc2ccc3c(c2)CCCO3)ncn1. The van der Waals surface area contributed by atoms with E-state index < -0.39 is 0 Å². The van der Waals surface area contributed by atoms with Gasteiger partial charge in [0.2, 0.25) is 0 Å². The first-order chi connectivity index (χ1) is 9.85. The van der Waals surface area contributed by atoms with Crippen LogP contribution in [0.25, 0.3) is 0 Å². The summed E-state index contributed by atoms with van der Waals surface area (Å²) >= 11 is 0. The summed E-state index contributed by atoms with van der Waals surface area (Å²) < 4.78 is 5.59. The summed E-state index contributed by atoms with van der Waals surface area (Å²) in [4.78, 5) is 7.93. The van der Waals surface area contributed by atoms with Gasteiger partial charge in [0.05, 0.1) is 6.61 Å². The number of nitriles is 1. The summed E-state index contributed by atoms with van der Waals surface area (Å²) in [6.45, 7) is 1.47. The van der Waals surface area contributed by atoms with Crippen molar-refractivity contribution < 1.29 is 4.74 Å². The minimum atomic E-state index is 0.362. The maximum absolute atomic E-state index is 8.80. The average molecular weight is 266 g/mol. The van der Waals surface area contributed by atoms with Crippen molar-refractivity contribution in [1.29, 1.82) is 5.26 Å². The van der Waals surface area contributed by atoms with E-state index >= 15 is 0 Å². The third kappa shape index (κ3) is 2.69. The van der Waals surface area contributed by atoms with Gasteiger partial charge in [0.25, 0.3) is 0 Å². The molecule has 0 aliphatic carbocycles. The number of hydrogen-bond acceptors (Lipinski definition) is 5. The van der Waals surface area contributed by atoms with E-state index in [1.807, 2.05) is 18.2 Å². The number of aryl methyl sites for hydroxylation is 1. The molecule has 0 bridgehead atoms. The lowest BCUT2D eigenvalue weighted by Gasteiger charge is -2.18. The Morgan fingerprint density at radius 1 is 1.30 bits per heavy atom. The highest BCUT2D eigenvalue weighted by Gasteiger charge is 2.10. The zero-order valence-corrected chi connectivity index (χ0v) is 11.0. The van der Waals surface area contributed by atoms with Crippen LogP contribution in [-0.2, 0) is 13.0 Å². The Hall–Kier alpha value is -2.61. The smallest absolute Gasteiger partial charge is 0.145 e. The molecule has 5 nitrogen and oxygen atoms in total. The van der Waals surface area contributed by atoms with E-state index in [1.165, 1.54) is 17.5 Å². The van der Waals surface area contributed by atoms with E-state index in [2.05, 4.69) is 21.4 Å². The summed E-state index contributed by atoms with van der Waals surface area (Å²) in [5.74, 6) is 1.65. The van der Waals surface area contributed by atoms with Crippen LogP contribution in [0.4, 0.5) is 5.82 Å². The summed E-state index contributed by atoms with van der Waals surface area (Å²) in [7, 11) is 0. The number of nitrogens with zero attached hydrogens (tertiary/aromatic N) is 3. The van der Waals surface area contributed by atoms with Crippen LogP contribution in [0, 0.1) is 11.3 Å². The largest absolute Gasteiger partial charge is 0.493 e. The summed E-state index contributed by atoms with van der Waals surface area (Å²) in [5.41, 5.74) is 2.80. The molecule has 0 radical (unpaired) electrons. The molecule has 100 valence electrons. The van der Waals surface area contributed by atoms with Gasteiger partial charge in [-0.2, -0.15) is 5.26 Å². The number of hydrogen-bond donors (Lipinski definition) is 1. The third-order valence-corrected chi connectivity index (χ3v) is 3.23. The van der Waals surface area contributed by atoms with Gasteiger partial charge >= 0.3 is 0 Å². The molecule has 1 aliphatic rings. The fourth-order valence-electron chi connectivity index (χ4n) is 2.23. The molecule has 1 aromatic heterocycles. The van der Waals surface area contributed by atoms with Gasteiger partial charge in [0.1, 0.15) is 29.7 Å². The monoisotopic (exact) mass is 266 g/mol. The van der Waals surface area contributed by atoms with Crippen LogP contribution < -0.4 is 10.1 Å². The first-order valence-corrected chi connectivity index (χ1v) is 6.56. The summed E-state index contributed by atoms with van der Waals surface area (Å²) in [5, 5.41) is 12.0. The molecule has 0 atom stereocenters. The standard InChI is InChI=1S/C15H14N4O/c16-8-13-7-15(19-10-18-13)17-9-11-3-4-14-12(6-11)2-1-5-20-14/h3-4,6-7,10H,1-2,5,9H2,(H,17,18,19). The second-order valence-electron chi connectivity index (χ2n) is 4.65. The molecule has 0 spiro atoms. The van der Waals surface area contributed by atoms with E-state index in [0.29, 0.717) is 18.1 Å². The van der Waals surface area contributed by atoms with Crippen LogP contribution in [0.3, 0.4) is 0 Å². The molecule has 0 fully saturated rings. The van der Waals surface area contributed by atoms with Gasteiger partial charge in [-0.1, -0.05) is 12.1 Å². The van der Waals surface area contributed by atoms with Crippen molar-refractivity contribution in [3.63, 3.8) is 0 Å². The summed E-state index contributed by atoms with van der Waals surface area (Å²) in [6.07, 6.45) is 3.53. The quantitative estimate of drug-likeness (QED) is 0.922. The molecule has 0 unspecified atom stereocenters. The topological polar surface area (TPSA) is 70.8 Å². The lowest BCUT2D eigenvalue weighted by Crippen LogP contribution is -2.09. The van der Waals surface area contributed by atoms with Gasteiger partial charge in [-0.3, -0.25) is 0 Å². The number of ether oxygens (including phenoxy) is 1. The predicted molar refractivity (Wildman–Crippen MR) is 74.3 cm³/mol. The molecule has 2 heterocycles. The number of rotatable bonds is 3. The van der Waals surface area contributed by atoms with Gasteiger partial charge in [-0.25, -0.2) is 9.97 Å². The number of nitrogens with one attached hydrogen (secondary N) is 1. The van der Waals surface area contributed by atoms with E-state index in [9.17, 15) is 0 Å². The Bertz CT molecular complexity index is 663. The van der Waals surface area contributed by atoms with Crippen molar-refractivity contribution in [2.24, 2.45) is 0 Å². The Labute approximate surface area is 117 Å². The van der Waals surface area contributed by atoms with E-state index in [-0.39, 0.29) is 0 Å². The maximum atomic E-state index is 8.80. The number of anilines is 1. The van der Waals surface area contributed by atoms with Crippen LogP contribution in [0.1, 0.15) is 23.2 Å². The molecule has 0 saturated carbocycles. The predicted octanol–water partition coefficient (Wildman–Crippen LogP) is 2.29. The molecule has 1 aliphatic heterocycles. The molecule has 5 heteroatoms. The van der Waals surface area contributed by atoms with Crippen molar-refractivity contribution in [2.75, 3.05) is 11.9 Å². The Morgan fingerprint density at radius 3 is 3.15 bits per heavy atom. The highest BCUT2D eigenvalue weighted by atomic mass is 16.5. The molecule has 0 amide bonds. The molecule has 1 N–H and O–H groups in total. The Kier molecular flexibility index (Phi) is 3.46. The molecule has 2 aromatic rings. The molecular weight excluding hydrogens is 252 g/mol. The van der Waals surface area contributed by atoms with Gasteiger partial charge in [0.15, 0.2) is 0 Å². The highest BCUT2D eigenvalue weighted by Crippen LogP contribution is 2.25. The first kappa shape index (κ1) is 12.4. The van der Waals surface area contributed by atoms with E-state index in [0.717, 1.165) is 25.2 Å². The molecule has 0 saturated heterocycles. The second-order valence-corrected chi connectivity index (χ2v) is 4.65. The van der Waals surface area contributed by atoms with Crippen molar-refractivity contribution in [1.82, 2.24) is 9.97 Å². The normalized spacial score (nSPS) is 12.9. The maximum Gasteiger partial charge on any atom is 0.145 e. The Morgan fingerprint density at radius 2 is 2.25 bits per heavy atom. The van der Waals surface area contributed by atoms with Gasteiger partial charge < -0.3 is 10.1 Å². The minimum absolute atomic E-state index is 0.362. The highest BCUT2D eigenvalue weighted by molar-refractivity contribution is 5.42. The van der Waals surface area contributed by atoms with E-state index in [1.54, 1.807) is 6.07 Å². The average Bonchev–Trinajstić information content (AvgIpc) is 2.53. The van der Waals surface area contributed by atoms with Crippen molar-refractivity contribution in [3.8, 4) is 11.8 Å². The van der Waals surface area contributed by atoms with Gasteiger partial charge in [0, 0.05) is 12.6 Å². The van der Waals surface area contributed by atoms with Crippen LogP contribution in [0.5, 0.6) is 5.75 Å². The van der Waals surface area contributed by atoms with Crippen LogP contribution in [-0.4, -0.2) is 16.6 Å². The van der Waals surface area contributed by atoms with E-state index in [4.69, 9.17) is 10.00 Å². The number of fused-ring (bicyclic) bond motifs is 1. The lowest BCUT2D eigenvalue weighted by molar-refractivity contribution is 0.288. The second kappa shape index (κ2) is 5.57. The van der Waals surface area contributed by atoms with Crippen LogP contribution >= 0.6 is 0 Å². The zero-order valence-electron chi connectivity index (χ0n) is 11.0. The molecular formula is C15H14N4O. The molecule has 3 rings (SSSR count). The van der Waals surface area contributed by atoms with Gasteiger partial charge in [-0.05, 0) is 30.0 Å². The van der Waals surface area contributed by atoms with Crippen LogP contribution in [0.15, 0.2) is 30.6 Å². The van der Waals surface area contributed by atoms with Crippen molar-refractivity contribution in [2.45, 2.75) is 19.4 Å². The zero-order chi connectivity index (χ0) is 13.8. The fourth-order valence-corrected chi connectivity index (χ4v) is 2.23. The first-order valence-electron chi connectivity index (χ1n) is 6.56. The van der Waals surface area contributed by atoms with Gasteiger partial charge in [-0.15, -0.1) is 0 Å². The minimum Gasteiger partial charge on any atom is -0.493 e. The van der Waals surface area contributed by atoms with Crippen molar-refractivity contribution in [3.05, 3.63) is 47.4 Å². The Balaban J connectivity index is 1.70. The number of aromatic nitrogens is 2. The molecule has 1 aromatic carbocycles. The van der Waals surface area contributed by atoms with Crippen LogP contribution in [0.2, 0.25) is 0 Å². The third-order valence-electron chi connectivity index (χ3n) is 3.23. The molecule has 20 heavy (non-hydrogen) atoms. The number of benzene rings is 1. The van der Waals surface area contributed by atoms with Crippen molar-refractivity contribution >= 4 is 5.82 Å². The summed E-state index contributed by atoms with van der Waals surface area (Å²) in [6, 6.07) is 9.87. The fraction of sp³-hybridized carbons (Fsp3) is 0.267. The lowest BCUT2D eigenvalue weighted by atomic mass is 10.0.